The first-order chi connectivity index (χ1) is 8.60. The molecule has 0 spiro atoms. The van der Waals surface area contributed by atoms with Crippen LogP contribution in [0.25, 0.3) is 0 Å². The van der Waals surface area contributed by atoms with E-state index in [0.29, 0.717) is 6.04 Å². The molecule has 0 amide bonds. The van der Waals surface area contributed by atoms with Crippen LogP contribution in [-0.4, -0.2) is 6.54 Å². The van der Waals surface area contributed by atoms with Crippen LogP contribution in [-0.2, 0) is 0 Å². The Bertz CT molecular complexity index is 341. The zero-order valence-electron chi connectivity index (χ0n) is 11.5. The van der Waals surface area contributed by atoms with Crippen LogP contribution in [0.2, 0.25) is 0 Å². The third-order valence-corrected chi connectivity index (χ3v) is 4.38. The largest absolute Gasteiger partial charge is 0.310 e. The van der Waals surface area contributed by atoms with Crippen LogP contribution in [0, 0.1) is 5.92 Å². The second-order valence-corrected chi connectivity index (χ2v) is 6.56. The maximum absolute atomic E-state index is 3.61. The molecule has 1 N–H and O–H groups in total. The van der Waals surface area contributed by atoms with Gasteiger partial charge in [-0.25, -0.2) is 0 Å². The van der Waals surface area contributed by atoms with Crippen LogP contribution in [0.3, 0.4) is 0 Å². The Balaban J connectivity index is 2.88. The molecule has 0 fully saturated rings. The average Bonchev–Trinajstić information content (AvgIpc) is 2.33. The molecule has 0 aromatic heterocycles. The molecule has 102 valence electrons. The number of nitrogens with one attached hydrogen (secondary N) is 1. The SMILES string of the molecule is CCNC(CC(CC)CC)c1cc(Br)cc(Br)c1. The number of benzene rings is 1. The highest BCUT2D eigenvalue weighted by atomic mass is 79.9. The van der Waals surface area contributed by atoms with Crippen LogP contribution in [0.5, 0.6) is 0 Å². The molecule has 0 heterocycles. The van der Waals surface area contributed by atoms with E-state index in [9.17, 15) is 0 Å². The summed E-state index contributed by atoms with van der Waals surface area (Å²) in [5.74, 6) is 0.798. The van der Waals surface area contributed by atoms with Gasteiger partial charge in [0, 0.05) is 15.0 Å². The maximum Gasteiger partial charge on any atom is 0.0323 e. The number of rotatable bonds is 7. The number of hydrogen-bond acceptors (Lipinski definition) is 1. The first-order valence-electron chi connectivity index (χ1n) is 6.80. The highest BCUT2D eigenvalue weighted by Gasteiger charge is 2.16. The molecule has 0 aliphatic heterocycles. The van der Waals surface area contributed by atoms with Gasteiger partial charge < -0.3 is 5.32 Å². The lowest BCUT2D eigenvalue weighted by molar-refractivity contribution is 0.375. The molecule has 1 atom stereocenters. The molecular formula is C15H23Br2N. The van der Waals surface area contributed by atoms with Crippen molar-refractivity contribution < 1.29 is 0 Å². The lowest BCUT2D eigenvalue weighted by Gasteiger charge is -2.23. The Morgan fingerprint density at radius 3 is 2.00 bits per heavy atom. The van der Waals surface area contributed by atoms with Crippen molar-refractivity contribution in [1.29, 1.82) is 0 Å². The Hall–Kier alpha value is 0.140. The molecule has 0 saturated heterocycles. The predicted molar refractivity (Wildman–Crippen MR) is 86.9 cm³/mol. The van der Waals surface area contributed by atoms with E-state index in [-0.39, 0.29) is 0 Å². The van der Waals surface area contributed by atoms with Crippen LogP contribution < -0.4 is 5.32 Å². The van der Waals surface area contributed by atoms with Gasteiger partial charge in [0.1, 0.15) is 0 Å². The molecule has 0 bridgehead atoms. The van der Waals surface area contributed by atoms with E-state index >= 15 is 0 Å². The van der Waals surface area contributed by atoms with Crippen LogP contribution >= 0.6 is 31.9 Å². The van der Waals surface area contributed by atoms with Gasteiger partial charge in [0.2, 0.25) is 0 Å². The van der Waals surface area contributed by atoms with E-state index in [1.54, 1.807) is 0 Å². The topological polar surface area (TPSA) is 12.0 Å². The van der Waals surface area contributed by atoms with Gasteiger partial charge in [0.25, 0.3) is 0 Å². The second kappa shape index (κ2) is 8.34. The minimum absolute atomic E-state index is 0.452. The van der Waals surface area contributed by atoms with Crippen LogP contribution in [0.1, 0.15) is 51.6 Å². The zero-order valence-corrected chi connectivity index (χ0v) is 14.6. The second-order valence-electron chi connectivity index (χ2n) is 4.73. The quantitative estimate of drug-likeness (QED) is 0.644. The Kier molecular flexibility index (Phi) is 7.50. The standard InChI is InChI=1S/C15H23Br2N/c1-4-11(5-2)7-15(18-6-3)12-8-13(16)10-14(17)9-12/h8-11,15,18H,4-7H2,1-3H3. The molecule has 1 aromatic rings. The summed E-state index contributed by atoms with van der Waals surface area (Å²) in [5.41, 5.74) is 1.37. The van der Waals surface area contributed by atoms with Crippen molar-refractivity contribution in [2.75, 3.05) is 6.54 Å². The number of halogens is 2. The lowest BCUT2D eigenvalue weighted by atomic mass is 9.91. The van der Waals surface area contributed by atoms with Crippen molar-refractivity contribution in [3.63, 3.8) is 0 Å². The summed E-state index contributed by atoms with van der Waals surface area (Å²) < 4.78 is 2.28. The van der Waals surface area contributed by atoms with Gasteiger partial charge in [-0.05, 0) is 42.6 Å². The van der Waals surface area contributed by atoms with Gasteiger partial charge >= 0.3 is 0 Å². The Morgan fingerprint density at radius 2 is 1.56 bits per heavy atom. The molecule has 1 aromatic carbocycles. The number of hydrogen-bond donors (Lipinski definition) is 1. The highest BCUT2D eigenvalue weighted by molar-refractivity contribution is 9.11. The van der Waals surface area contributed by atoms with Crippen molar-refractivity contribution in [3.05, 3.63) is 32.7 Å². The normalized spacial score (nSPS) is 13.0. The van der Waals surface area contributed by atoms with Gasteiger partial charge in [-0.2, -0.15) is 0 Å². The molecule has 1 unspecified atom stereocenters. The summed E-state index contributed by atoms with van der Waals surface area (Å²) in [6, 6.07) is 6.98. The maximum atomic E-state index is 3.61. The highest BCUT2D eigenvalue weighted by Crippen LogP contribution is 2.29. The summed E-state index contributed by atoms with van der Waals surface area (Å²) in [7, 11) is 0. The van der Waals surface area contributed by atoms with E-state index in [1.807, 2.05) is 0 Å². The van der Waals surface area contributed by atoms with Gasteiger partial charge in [-0.3, -0.25) is 0 Å². The Morgan fingerprint density at radius 1 is 1.00 bits per heavy atom. The van der Waals surface area contributed by atoms with Crippen molar-refractivity contribution in [1.82, 2.24) is 5.32 Å². The predicted octanol–water partition coefficient (Wildman–Crippen LogP) is 5.69. The van der Waals surface area contributed by atoms with E-state index in [4.69, 9.17) is 0 Å². The summed E-state index contributed by atoms with van der Waals surface area (Å²) in [4.78, 5) is 0. The minimum Gasteiger partial charge on any atom is -0.310 e. The van der Waals surface area contributed by atoms with E-state index in [2.05, 4.69) is 76.1 Å². The average molecular weight is 377 g/mol. The molecule has 0 saturated carbocycles. The lowest BCUT2D eigenvalue weighted by Crippen LogP contribution is -2.23. The van der Waals surface area contributed by atoms with Gasteiger partial charge in [-0.1, -0.05) is 65.5 Å². The monoisotopic (exact) mass is 375 g/mol. The summed E-state index contributed by atoms with van der Waals surface area (Å²) in [6.45, 7) is 7.75. The van der Waals surface area contributed by atoms with Gasteiger partial charge in [0.05, 0.1) is 0 Å². The Labute approximate surface area is 128 Å². The van der Waals surface area contributed by atoms with Gasteiger partial charge in [0.15, 0.2) is 0 Å². The van der Waals surface area contributed by atoms with E-state index < -0.39 is 0 Å². The summed E-state index contributed by atoms with van der Waals surface area (Å²) >= 11 is 7.15. The minimum atomic E-state index is 0.452. The molecule has 0 radical (unpaired) electrons. The van der Waals surface area contributed by atoms with Crippen molar-refractivity contribution in [2.24, 2.45) is 5.92 Å². The van der Waals surface area contributed by atoms with E-state index in [0.717, 1.165) is 21.4 Å². The van der Waals surface area contributed by atoms with Crippen LogP contribution in [0.4, 0.5) is 0 Å². The van der Waals surface area contributed by atoms with E-state index in [1.165, 1.54) is 24.8 Å². The molecule has 0 aliphatic carbocycles. The fraction of sp³-hybridized carbons (Fsp3) is 0.600. The smallest absolute Gasteiger partial charge is 0.0323 e. The van der Waals surface area contributed by atoms with Gasteiger partial charge in [-0.15, -0.1) is 0 Å². The van der Waals surface area contributed by atoms with Crippen molar-refractivity contribution >= 4 is 31.9 Å². The molecule has 1 nitrogen and oxygen atoms in total. The molecule has 18 heavy (non-hydrogen) atoms. The summed E-state index contributed by atoms with van der Waals surface area (Å²) in [6.07, 6.45) is 3.73. The summed E-state index contributed by atoms with van der Waals surface area (Å²) in [5, 5.41) is 3.61. The molecule has 1 rings (SSSR count). The van der Waals surface area contributed by atoms with Crippen molar-refractivity contribution in [3.8, 4) is 0 Å². The third-order valence-electron chi connectivity index (χ3n) is 3.46. The molecule has 3 heteroatoms. The molecule has 0 aliphatic rings. The third kappa shape index (κ3) is 5.02. The first-order valence-corrected chi connectivity index (χ1v) is 8.38. The fourth-order valence-electron chi connectivity index (χ4n) is 2.32. The first kappa shape index (κ1) is 16.2. The van der Waals surface area contributed by atoms with Crippen molar-refractivity contribution in [2.45, 2.75) is 46.1 Å². The molecular weight excluding hydrogens is 354 g/mol. The van der Waals surface area contributed by atoms with Crippen LogP contribution in [0.15, 0.2) is 27.1 Å². The fourth-order valence-corrected chi connectivity index (χ4v) is 3.64. The zero-order chi connectivity index (χ0) is 13.5.